The Morgan fingerprint density at radius 1 is 1.53 bits per heavy atom. The molecule has 0 saturated heterocycles. The predicted molar refractivity (Wildman–Crippen MR) is 70.4 cm³/mol. The zero-order valence-electron chi connectivity index (χ0n) is 9.42. The third-order valence-electron chi connectivity index (χ3n) is 2.13. The SMILES string of the molecule is Nn1cnn2c(SCC(=O)Nc3nccs3)nnc12. The van der Waals surface area contributed by atoms with Crippen LogP contribution in [0.3, 0.4) is 0 Å². The van der Waals surface area contributed by atoms with Crippen LogP contribution in [0.15, 0.2) is 23.1 Å². The number of nitrogens with two attached hydrogens (primary N) is 1. The summed E-state index contributed by atoms with van der Waals surface area (Å²) in [5, 5.41) is 17.3. The summed E-state index contributed by atoms with van der Waals surface area (Å²) in [6.45, 7) is 0. The van der Waals surface area contributed by atoms with Crippen molar-refractivity contribution in [1.29, 1.82) is 0 Å². The Kier molecular flexibility index (Phi) is 3.05. The molecule has 3 aromatic rings. The van der Waals surface area contributed by atoms with Gasteiger partial charge in [0.2, 0.25) is 11.1 Å². The molecule has 0 unspecified atom stereocenters. The van der Waals surface area contributed by atoms with Gasteiger partial charge in [0.15, 0.2) is 5.13 Å². The van der Waals surface area contributed by atoms with Crippen molar-refractivity contribution in [1.82, 2.24) is 29.5 Å². The van der Waals surface area contributed by atoms with Crippen LogP contribution < -0.4 is 11.2 Å². The Morgan fingerprint density at radius 3 is 3.21 bits per heavy atom. The van der Waals surface area contributed by atoms with E-state index in [9.17, 15) is 4.79 Å². The molecular weight excluding hydrogens is 288 g/mol. The molecule has 0 saturated carbocycles. The molecule has 0 bridgehead atoms. The van der Waals surface area contributed by atoms with E-state index in [4.69, 9.17) is 5.84 Å². The van der Waals surface area contributed by atoms with Crippen molar-refractivity contribution in [3.63, 3.8) is 0 Å². The lowest BCUT2D eigenvalue weighted by atomic mass is 10.7. The van der Waals surface area contributed by atoms with Crippen LogP contribution >= 0.6 is 23.1 Å². The van der Waals surface area contributed by atoms with Crippen molar-refractivity contribution >= 4 is 39.9 Å². The molecule has 9 nitrogen and oxygen atoms in total. The molecule has 3 N–H and O–H groups in total. The van der Waals surface area contributed by atoms with E-state index in [2.05, 4.69) is 25.6 Å². The second-order valence-electron chi connectivity index (χ2n) is 3.41. The molecule has 0 aliphatic carbocycles. The van der Waals surface area contributed by atoms with Crippen molar-refractivity contribution in [3.05, 3.63) is 17.9 Å². The van der Waals surface area contributed by atoms with E-state index >= 15 is 0 Å². The number of carbonyl (C=O) groups excluding carboxylic acids is 1. The highest BCUT2D eigenvalue weighted by molar-refractivity contribution is 7.99. The number of aromatic nitrogens is 6. The Morgan fingerprint density at radius 2 is 2.42 bits per heavy atom. The Bertz CT molecular complexity index is 702. The van der Waals surface area contributed by atoms with Gasteiger partial charge >= 0.3 is 0 Å². The number of amides is 1. The highest BCUT2D eigenvalue weighted by Crippen LogP contribution is 2.16. The molecule has 98 valence electrons. The molecular formula is C8H8N8OS2. The molecule has 1 amide bonds. The molecule has 19 heavy (non-hydrogen) atoms. The van der Waals surface area contributed by atoms with Crippen molar-refractivity contribution in [3.8, 4) is 0 Å². The quantitative estimate of drug-likeness (QED) is 0.507. The average molecular weight is 296 g/mol. The second-order valence-corrected chi connectivity index (χ2v) is 5.24. The molecule has 0 spiro atoms. The van der Waals surface area contributed by atoms with Gasteiger partial charge in [-0.05, 0) is 0 Å². The molecule has 11 heteroatoms. The number of carbonyl (C=O) groups is 1. The number of hydrogen-bond acceptors (Lipinski definition) is 8. The van der Waals surface area contributed by atoms with Gasteiger partial charge in [0, 0.05) is 11.6 Å². The number of rotatable bonds is 4. The van der Waals surface area contributed by atoms with E-state index in [1.165, 1.54) is 38.6 Å². The third-order valence-corrected chi connectivity index (χ3v) is 3.74. The average Bonchev–Trinajstić information content (AvgIpc) is 3.07. The molecule has 0 radical (unpaired) electrons. The number of nitrogens with zero attached hydrogens (tertiary/aromatic N) is 6. The highest BCUT2D eigenvalue weighted by Gasteiger charge is 2.12. The van der Waals surface area contributed by atoms with Crippen molar-refractivity contribution in [2.75, 3.05) is 16.9 Å². The maximum Gasteiger partial charge on any atom is 0.273 e. The molecule has 3 aromatic heterocycles. The highest BCUT2D eigenvalue weighted by atomic mass is 32.2. The monoisotopic (exact) mass is 296 g/mol. The molecule has 0 aromatic carbocycles. The molecule has 0 atom stereocenters. The molecule has 3 heterocycles. The fourth-order valence-electron chi connectivity index (χ4n) is 1.34. The van der Waals surface area contributed by atoms with Crippen LogP contribution in [0, 0.1) is 0 Å². The van der Waals surface area contributed by atoms with Crippen LogP contribution in [0.1, 0.15) is 0 Å². The normalized spacial score (nSPS) is 10.9. The molecule has 0 aliphatic rings. The standard InChI is InChI=1S/C8H8N8OS2/c9-15-4-11-16-7(15)13-14-8(16)19-3-5(17)12-6-10-1-2-18-6/h1-2,4H,3,9H2,(H,10,12,17). The van der Waals surface area contributed by atoms with Gasteiger partial charge < -0.3 is 11.2 Å². The molecule has 0 fully saturated rings. The zero-order chi connectivity index (χ0) is 13.2. The number of nitrogen functional groups attached to an aromatic ring is 1. The van der Waals surface area contributed by atoms with E-state index in [1.807, 2.05) is 0 Å². The number of fused-ring (bicyclic) bond motifs is 1. The molecule has 3 rings (SSSR count). The van der Waals surface area contributed by atoms with Crippen LogP contribution in [0.5, 0.6) is 0 Å². The van der Waals surface area contributed by atoms with Crippen molar-refractivity contribution in [2.45, 2.75) is 5.16 Å². The van der Waals surface area contributed by atoms with Crippen molar-refractivity contribution < 1.29 is 4.79 Å². The summed E-state index contributed by atoms with van der Waals surface area (Å²) in [5.41, 5.74) is 0. The van der Waals surface area contributed by atoms with Crippen LogP contribution in [-0.4, -0.2) is 41.1 Å². The van der Waals surface area contributed by atoms with E-state index < -0.39 is 0 Å². The first-order valence-corrected chi connectivity index (χ1v) is 6.96. The van der Waals surface area contributed by atoms with Gasteiger partial charge in [-0.1, -0.05) is 11.8 Å². The van der Waals surface area contributed by atoms with E-state index in [1.54, 1.807) is 11.6 Å². The number of hydrogen-bond donors (Lipinski definition) is 2. The zero-order valence-corrected chi connectivity index (χ0v) is 11.1. The Labute approximate surface area is 114 Å². The summed E-state index contributed by atoms with van der Waals surface area (Å²) >= 11 is 2.59. The van der Waals surface area contributed by atoms with Crippen LogP contribution in [-0.2, 0) is 4.79 Å². The lowest BCUT2D eigenvalue weighted by molar-refractivity contribution is -0.113. The first-order valence-electron chi connectivity index (χ1n) is 5.10. The number of nitrogens with one attached hydrogen (secondary N) is 1. The summed E-state index contributed by atoms with van der Waals surface area (Å²) in [7, 11) is 0. The predicted octanol–water partition coefficient (Wildman–Crippen LogP) is -0.173. The summed E-state index contributed by atoms with van der Waals surface area (Å²) in [6, 6.07) is 0. The minimum absolute atomic E-state index is 0.163. The minimum atomic E-state index is -0.163. The van der Waals surface area contributed by atoms with Crippen LogP contribution in [0.2, 0.25) is 0 Å². The first-order chi connectivity index (χ1) is 9.24. The van der Waals surface area contributed by atoms with Crippen LogP contribution in [0.25, 0.3) is 5.78 Å². The number of anilines is 1. The lowest BCUT2D eigenvalue weighted by Crippen LogP contribution is -2.14. The van der Waals surface area contributed by atoms with Crippen LogP contribution in [0.4, 0.5) is 5.13 Å². The number of thiazole rings is 1. The smallest absolute Gasteiger partial charge is 0.273 e. The van der Waals surface area contributed by atoms with E-state index in [-0.39, 0.29) is 11.7 Å². The lowest BCUT2D eigenvalue weighted by Gasteiger charge is -1.99. The third kappa shape index (κ3) is 2.37. The maximum atomic E-state index is 11.7. The Hall–Kier alpha value is -2.14. The summed E-state index contributed by atoms with van der Waals surface area (Å²) in [4.78, 5) is 15.6. The Balaban J connectivity index is 1.64. The van der Waals surface area contributed by atoms with E-state index in [0.717, 1.165) is 0 Å². The fourth-order valence-corrected chi connectivity index (χ4v) is 2.57. The topological polar surface area (TPSA) is 116 Å². The van der Waals surface area contributed by atoms with Gasteiger partial charge in [0.05, 0.1) is 5.75 Å². The summed E-state index contributed by atoms with van der Waals surface area (Å²) < 4.78 is 2.73. The number of thioether (sulfide) groups is 1. The van der Waals surface area contributed by atoms with Gasteiger partial charge in [-0.15, -0.1) is 21.5 Å². The maximum absolute atomic E-state index is 11.7. The van der Waals surface area contributed by atoms with Gasteiger partial charge in [0.1, 0.15) is 6.33 Å². The molecule has 0 aliphatic heterocycles. The van der Waals surface area contributed by atoms with Crippen molar-refractivity contribution in [2.24, 2.45) is 0 Å². The second kappa shape index (κ2) is 4.85. The summed E-state index contributed by atoms with van der Waals surface area (Å²) in [6.07, 6.45) is 3.05. The fraction of sp³-hybridized carbons (Fsp3) is 0.125. The summed E-state index contributed by atoms with van der Waals surface area (Å²) in [5.74, 6) is 6.02. The van der Waals surface area contributed by atoms with Gasteiger partial charge in [-0.3, -0.25) is 4.79 Å². The first kappa shape index (κ1) is 11.9. The van der Waals surface area contributed by atoms with Gasteiger partial charge in [-0.2, -0.15) is 9.61 Å². The minimum Gasteiger partial charge on any atom is -0.335 e. The largest absolute Gasteiger partial charge is 0.335 e. The van der Waals surface area contributed by atoms with Gasteiger partial charge in [0.25, 0.3) is 5.78 Å². The van der Waals surface area contributed by atoms with E-state index in [0.29, 0.717) is 16.1 Å². The van der Waals surface area contributed by atoms with Gasteiger partial charge in [-0.25, -0.2) is 9.66 Å².